The lowest BCUT2D eigenvalue weighted by molar-refractivity contribution is 0.0296. The van der Waals surface area contributed by atoms with Crippen LogP contribution in [-0.4, -0.2) is 25.5 Å². The highest BCUT2D eigenvalue weighted by Gasteiger charge is 2.50. The molecule has 0 aliphatic carbocycles. The molecule has 0 radical (unpaired) electrons. The fraction of sp³-hybridized carbons (Fsp3) is 0.500. The number of epoxide rings is 1. The third-order valence-electron chi connectivity index (χ3n) is 2.85. The van der Waals surface area contributed by atoms with E-state index >= 15 is 0 Å². The first-order valence-corrected chi connectivity index (χ1v) is 5.92. The molecular formula is C14H18O4. The molecule has 98 valence electrons. The van der Waals surface area contributed by atoms with Gasteiger partial charge in [-0.2, -0.15) is 0 Å². The Bertz CT molecular complexity index is 430. The topological polar surface area (TPSA) is 48.1 Å². The molecule has 0 spiro atoms. The summed E-state index contributed by atoms with van der Waals surface area (Å²) < 4.78 is 15.6. The Kier molecular flexibility index (Phi) is 3.30. The molecule has 1 aromatic carbocycles. The molecule has 0 bridgehead atoms. The van der Waals surface area contributed by atoms with Gasteiger partial charge in [0.15, 0.2) is 0 Å². The average molecular weight is 250 g/mol. The third-order valence-corrected chi connectivity index (χ3v) is 2.85. The molecule has 4 heteroatoms. The van der Waals surface area contributed by atoms with E-state index in [2.05, 4.69) is 20.8 Å². The molecule has 1 aliphatic heterocycles. The Hall–Kier alpha value is -1.55. The first-order chi connectivity index (χ1) is 8.41. The van der Waals surface area contributed by atoms with Crippen LogP contribution in [0, 0.1) is 5.41 Å². The second kappa shape index (κ2) is 4.61. The van der Waals surface area contributed by atoms with Crippen LogP contribution in [0.4, 0.5) is 0 Å². The van der Waals surface area contributed by atoms with Crippen molar-refractivity contribution in [1.82, 2.24) is 0 Å². The maximum atomic E-state index is 11.8. The Labute approximate surface area is 107 Å². The number of rotatable bonds is 3. The van der Waals surface area contributed by atoms with E-state index in [4.69, 9.17) is 14.2 Å². The Morgan fingerprint density at radius 1 is 1.22 bits per heavy atom. The summed E-state index contributed by atoms with van der Waals surface area (Å²) in [6, 6.07) is 6.81. The van der Waals surface area contributed by atoms with Gasteiger partial charge in [0.25, 0.3) is 0 Å². The lowest BCUT2D eigenvalue weighted by Crippen LogP contribution is -2.19. The van der Waals surface area contributed by atoms with Crippen LogP contribution in [-0.2, 0) is 9.47 Å². The minimum absolute atomic E-state index is 0.00907. The number of hydrogen-bond donors (Lipinski definition) is 0. The van der Waals surface area contributed by atoms with Gasteiger partial charge < -0.3 is 14.2 Å². The molecule has 0 unspecified atom stereocenters. The summed E-state index contributed by atoms with van der Waals surface area (Å²) in [5.41, 5.74) is 0.490. The maximum Gasteiger partial charge on any atom is 0.340 e. The standard InChI is InChI=1S/C14H18O4/c1-14(2,3)11-13(17-11)18-12(15)9-5-7-10(16-4)8-6-9/h5-8,11,13H,1-4H3/t11-,13-/m0/s1. The van der Waals surface area contributed by atoms with E-state index in [0.717, 1.165) is 0 Å². The minimum Gasteiger partial charge on any atom is -0.497 e. The normalized spacial score (nSPS) is 22.4. The van der Waals surface area contributed by atoms with Crippen molar-refractivity contribution >= 4 is 5.97 Å². The SMILES string of the molecule is COc1ccc(C(=O)O[C@@H]2O[C@@H]2C(C)(C)C)cc1. The van der Waals surface area contributed by atoms with E-state index in [-0.39, 0.29) is 17.5 Å². The van der Waals surface area contributed by atoms with E-state index in [0.29, 0.717) is 11.3 Å². The molecule has 1 aliphatic rings. The summed E-state index contributed by atoms with van der Waals surface area (Å²) in [6.45, 7) is 6.16. The van der Waals surface area contributed by atoms with Gasteiger partial charge in [0.05, 0.1) is 12.7 Å². The van der Waals surface area contributed by atoms with Gasteiger partial charge in [0, 0.05) is 0 Å². The first kappa shape index (κ1) is 12.9. The molecule has 4 nitrogen and oxygen atoms in total. The predicted octanol–water partition coefficient (Wildman–Crippen LogP) is 2.62. The van der Waals surface area contributed by atoms with Crippen LogP contribution in [0.5, 0.6) is 5.75 Å². The van der Waals surface area contributed by atoms with Gasteiger partial charge in [-0.25, -0.2) is 4.79 Å². The van der Waals surface area contributed by atoms with Gasteiger partial charge >= 0.3 is 5.97 Å². The number of carbonyl (C=O) groups excluding carboxylic acids is 1. The molecule has 1 saturated heterocycles. The highest BCUT2D eigenvalue weighted by molar-refractivity contribution is 5.89. The number of hydrogen-bond acceptors (Lipinski definition) is 4. The van der Waals surface area contributed by atoms with Gasteiger partial charge in [0.1, 0.15) is 11.9 Å². The van der Waals surface area contributed by atoms with E-state index in [1.54, 1.807) is 31.4 Å². The van der Waals surface area contributed by atoms with Crippen molar-refractivity contribution < 1.29 is 19.0 Å². The first-order valence-electron chi connectivity index (χ1n) is 5.92. The monoisotopic (exact) mass is 250 g/mol. The summed E-state index contributed by atoms with van der Waals surface area (Å²) in [4.78, 5) is 11.8. The molecule has 0 saturated carbocycles. The highest BCUT2D eigenvalue weighted by Crippen LogP contribution is 2.38. The van der Waals surface area contributed by atoms with Crippen LogP contribution < -0.4 is 4.74 Å². The van der Waals surface area contributed by atoms with Crippen LogP contribution in [0.2, 0.25) is 0 Å². The van der Waals surface area contributed by atoms with E-state index in [9.17, 15) is 4.79 Å². The van der Waals surface area contributed by atoms with Gasteiger partial charge in [-0.15, -0.1) is 0 Å². The minimum atomic E-state index is -0.417. The average Bonchev–Trinajstić information content (AvgIpc) is 3.08. The van der Waals surface area contributed by atoms with Crippen LogP contribution in [0.1, 0.15) is 31.1 Å². The zero-order valence-corrected chi connectivity index (χ0v) is 11.1. The highest BCUT2D eigenvalue weighted by atomic mass is 16.8. The smallest absolute Gasteiger partial charge is 0.340 e. The Morgan fingerprint density at radius 2 is 1.83 bits per heavy atom. The van der Waals surface area contributed by atoms with Crippen molar-refractivity contribution in [1.29, 1.82) is 0 Å². The molecule has 2 atom stereocenters. The Balaban J connectivity index is 1.93. The van der Waals surface area contributed by atoms with Crippen molar-refractivity contribution in [2.24, 2.45) is 5.41 Å². The molecular weight excluding hydrogens is 232 g/mol. The molecule has 0 amide bonds. The molecule has 2 rings (SSSR count). The van der Waals surface area contributed by atoms with Crippen molar-refractivity contribution in [2.75, 3.05) is 7.11 Å². The number of carbonyl (C=O) groups is 1. The zero-order chi connectivity index (χ0) is 13.3. The summed E-state index contributed by atoms with van der Waals surface area (Å²) in [5.74, 6) is 0.344. The largest absolute Gasteiger partial charge is 0.497 e. The number of ether oxygens (including phenoxy) is 3. The van der Waals surface area contributed by atoms with Crippen LogP contribution in [0.3, 0.4) is 0 Å². The van der Waals surface area contributed by atoms with Gasteiger partial charge in [-0.1, -0.05) is 20.8 Å². The van der Waals surface area contributed by atoms with Crippen molar-refractivity contribution in [2.45, 2.75) is 33.2 Å². The third kappa shape index (κ3) is 2.82. The molecule has 0 N–H and O–H groups in total. The molecule has 18 heavy (non-hydrogen) atoms. The summed E-state index contributed by atoms with van der Waals surface area (Å²) in [6.07, 6.45) is -0.431. The lowest BCUT2D eigenvalue weighted by Gasteiger charge is -2.13. The number of benzene rings is 1. The van der Waals surface area contributed by atoms with E-state index < -0.39 is 6.29 Å². The molecule has 1 fully saturated rings. The predicted molar refractivity (Wildman–Crippen MR) is 66.5 cm³/mol. The van der Waals surface area contributed by atoms with Crippen LogP contribution in [0.25, 0.3) is 0 Å². The van der Waals surface area contributed by atoms with Crippen LogP contribution >= 0.6 is 0 Å². The number of esters is 1. The Morgan fingerprint density at radius 3 is 2.28 bits per heavy atom. The van der Waals surface area contributed by atoms with Gasteiger partial charge in [-0.05, 0) is 29.7 Å². The fourth-order valence-corrected chi connectivity index (χ4v) is 1.70. The van der Waals surface area contributed by atoms with Gasteiger partial charge in [0.2, 0.25) is 6.29 Å². The van der Waals surface area contributed by atoms with Crippen molar-refractivity contribution in [3.05, 3.63) is 29.8 Å². The van der Waals surface area contributed by atoms with E-state index in [1.807, 2.05) is 0 Å². The fourth-order valence-electron chi connectivity index (χ4n) is 1.70. The second-order valence-electron chi connectivity index (χ2n) is 5.42. The van der Waals surface area contributed by atoms with E-state index in [1.165, 1.54) is 0 Å². The summed E-state index contributed by atoms with van der Waals surface area (Å²) in [7, 11) is 1.58. The van der Waals surface area contributed by atoms with Gasteiger partial charge in [-0.3, -0.25) is 0 Å². The summed E-state index contributed by atoms with van der Waals surface area (Å²) >= 11 is 0. The lowest BCUT2D eigenvalue weighted by atomic mass is 9.92. The van der Waals surface area contributed by atoms with Crippen molar-refractivity contribution in [3.63, 3.8) is 0 Å². The second-order valence-corrected chi connectivity index (χ2v) is 5.42. The summed E-state index contributed by atoms with van der Waals surface area (Å²) in [5, 5.41) is 0. The number of methoxy groups -OCH3 is 1. The van der Waals surface area contributed by atoms with Crippen molar-refractivity contribution in [3.8, 4) is 5.75 Å². The zero-order valence-electron chi connectivity index (χ0n) is 11.1. The van der Waals surface area contributed by atoms with Crippen LogP contribution in [0.15, 0.2) is 24.3 Å². The molecule has 0 aromatic heterocycles. The molecule has 1 heterocycles. The maximum absolute atomic E-state index is 11.8. The molecule has 1 aromatic rings. The quantitative estimate of drug-likeness (QED) is 0.611.